The number of methoxy groups -OCH3 is 1. The molecule has 0 saturated heterocycles. The topological polar surface area (TPSA) is 26.3 Å². The van der Waals surface area contributed by atoms with E-state index in [1.807, 2.05) is 0 Å². The van der Waals surface area contributed by atoms with Gasteiger partial charge in [0.25, 0.3) is 0 Å². The van der Waals surface area contributed by atoms with Crippen LogP contribution < -0.4 is 0 Å². The largest absolute Gasteiger partial charge is 0.469 e. The highest BCUT2D eigenvalue weighted by atomic mass is 16.5. The lowest BCUT2D eigenvalue weighted by molar-refractivity contribution is -0.146. The zero-order valence-corrected chi connectivity index (χ0v) is 11.4. The summed E-state index contributed by atoms with van der Waals surface area (Å²) in [6.45, 7) is 0. The van der Waals surface area contributed by atoms with Gasteiger partial charge < -0.3 is 4.74 Å². The van der Waals surface area contributed by atoms with Gasteiger partial charge in [0, 0.05) is 0 Å². The van der Waals surface area contributed by atoms with E-state index in [1.165, 1.54) is 71.3 Å². The standard InChI is InChI=1S/C15H28O2/c1-17-15(16)14-12-10-8-6-4-2-3-5-7-9-11-13-14/h14H,2-13H2,1H3. The first-order valence-electron chi connectivity index (χ1n) is 7.42. The van der Waals surface area contributed by atoms with E-state index >= 15 is 0 Å². The number of esters is 1. The first kappa shape index (κ1) is 14.5. The predicted octanol–water partition coefficient (Wildman–Crippen LogP) is 4.47. The van der Waals surface area contributed by atoms with Gasteiger partial charge >= 0.3 is 5.97 Å². The summed E-state index contributed by atoms with van der Waals surface area (Å²) in [7, 11) is 1.52. The molecule has 2 nitrogen and oxygen atoms in total. The molecule has 1 fully saturated rings. The minimum Gasteiger partial charge on any atom is -0.469 e. The fourth-order valence-electron chi connectivity index (χ4n) is 2.74. The molecule has 0 spiro atoms. The van der Waals surface area contributed by atoms with E-state index in [1.54, 1.807) is 0 Å². The average molecular weight is 240 g/mol. The first-order valence-corrected chi connectivity index (χ1v) is 7.42. The van der Waals surface area contributed by atoms with Crippen molar-refractivity contribution < 1.29 is 9.53 Å². The third-order valence-corrected chi connectivity index (χ3v) is 3.89. The van der Waals surface area contributed by atoms with Crippen molar-refractivity contribution >= 4 is 5.97 Å². The van der Waals surface area contributed by atoms with Crippen LogP contribution in [0.1, 0.15) is 77.0 Å². The van der Waals surface area contributed by atoms with E-state index in [0.717, 1.165) is 12.8 Å². The number of ether oxygens (including phenoxy) is 1. The molecule has 0 atom stereocenters. The van der Waals surface area contributed by atoms with E-state index < -0.39 is 0 Å². The van der Waals surface area contributed by atoms with Crippen LogP contribution in [0, 0.1) is 5.92 Å². The molecule has 1 aliphatic rings. The second-order valence-corrected chi connectivity index (χ2v) is 5.33. The van der Waals surface area contributed by atoms with Crippen LogP contribution >= 0.6 is 0 Å². The molecule has 1 aliphatic carbocycles. The number of carbonyl (C=O) groups excluding carboxylic acids is 1. The first-order chi connectivity index (χ1) is 8.34. The van der Waals surface area contributed by atoms with Crippen molar-refractivity contribution in [2.24, 2.45) is 5.92 Å². The lowest BCUT2D eigenvalue weighted by atomic mass is 9.95. The number of hydrogen-bond donors (Lipinski definition) is 0. The number of rotatable bonds is 1. The molecule has 0 aromatic rings. The van der Waals surface area contributed by atoms with E-state index in [2.05, 4.69) is 0 Å². The molecule has 2 heteroatoms. The van der Waals surface area contributed by atoms with Gasteiger partial charge in [-0.25, -0.2) is 0 Å². The Balaban J connectivity index is 2.33. The van der Waals surface area contributed by atoms with E-state index in [4.69, 9.17) is 4.74 Å². The molecule has 0 aliphatic heterocycles. The smallest absolute Gasteiger partial charge is 0.308 e. The number of hydrogen-bond acceptors (Lipinski definition) is 2. The number of carbonyl (C=O) groups is 1. The van der Waals surface area contributed by atoms with Crippen LogP contribution in [0.4, 0.5) is 0 Å². The van der Waals surface area contributed by atoms with Crippen molar-refractivity contribution in [2.45, 2.75) is 77.0 Å². The van der Waals surface area contributed by atoms with Crippen LogP contribution in [0.5, 0.6) is 0 Å². The van der Waals surface area contributed by atoms with E-state index in [9.17, 15) is 4.79 Å². The lowest BCUT2D eigenvalue weighted by Gasteiger charge is -2.14. The molecule has 1 rings (SSSR count). The summed E-state index contributed by atoms with van der Waals surface area (Å²) >= 11 is 0. The van der Waals surface area contributed by atoms with Crippen molar-refractivity contribution in [3.63, 3.8) is 0 Å². The van der Waals surface area contributed by atoms with Crippen molar-refractivity contribution in [3.05, 3.63) is 0 Å². The minimum absolute atomic E-state index is 0.0138. The highest BCUT2D eigenvalue weighted by Gasteiger charge is 2.18. The van der Waals surface area contributed by atoms with Gasteiger partial charge in [-0.15, -0.1) is 0 Å². The highest BCUT2D eigenvalue weighted by Crippen LogP contribution is 2.21. The van der Waals surface area contributed by atoms with Crippen LogP contribution in [0.3, 0.4) is 0 Å². The normalized spacial score (nSPS) is 21.9. The maximum absolute atomic E-state index is 11.6. The van der Waals surface area contributed by atoms with Crippen molar-refractivity contribution in [2.75, 3.05) is 7.11 Å². The molecule has 0 radical (unpaired) electrons. The lowest BCUT2D eigenvalue weighted by Crippen LogP contribution is -2.16. The maximum atomic E-state index is 11.6. The zero-order valence-electron chi connectivity index (χ0n) is 11.4. The third kappa shape index (κ3) is 6.70. The minimum atomic E-state index is 0.0138. The summed E-state index contributed by atoms with van der Waals surface area (Å²) in [6.07, 6.45) is 15.3. The van der Waals surface area contributed by atoms with Gasteiger partial charge in [-0.05, 0) is 12.8 Å². The van der Waals surface area contributed by atoms with Gasteiger partial charge in [-0.3, -0.25) is 4.79 Å². The second kappa shape index (κ2) is 9.49. The van der Waals surface area contributed by atoms with Gasteiger partial charge in [0.1, 0.15) is 0 Å². The van der Waals surface area contributed by atoms with Gasteiger partial charge in [0.05, 0.1) is 13.0 Å². The van der Waals surface area contributed by atoms with Crippen LogP contribution in [0.25, 0.3) is 0 Å². The molecule has 1 saturated carbocycles. The van der Waals surface area contributed by atoms with Gasteiger partial charge in [0.15, 0.2) is 0 Å². The molecule has 0 unspecified atom stereocenters. The van der Waals surface area contributed by atoms with Gasteiger partial charge in [-0.1, -0.05) is 64.2 Å². The fraction of sp³-hybridized carbons (Fsp3) is 0.933. The summed E-state index contributed by atoms with van der Waals surface area (Å²) < 4.78 is 4.90. The quantitative estimate of drug-likeness (QED) is 0.632. The molecule has 0 aromatic heterocycles. The molecule has 0 N–H and O–H groups in total. The van der Waals surface area contributed by atoms with Gasteiger partial charge in [-0.2, -0.15) is 0 Å². The summed E-state index contributed by atoms with van der Waals surface area (Å²) in [4.78, 5) is 11.6. The van der Waals surface area contributed by atoms with Crippen molar-refractivity contribution in [1.29, 1.82) is 0 Å². The zero-order chi connectivity index (χ0) is 12.3. The summed E-state index contributed by atoms with van der Waals surface area (Å²) in [5.41, 5.74) is 0. The van der Waals surface area contributed by atoms with Crippen LogP contribution in [0.15, 0.2) is 0 Å². The Bertz CT molecular complexity index is 187. The summed E-state index contributed by atoms with van der Waals surface area (Å²) in [5.74, 6) is 0.181. The Morgan fingerprint density at radius 3 is 1.47 bits per heavy atom. The SMILES string of the molecule is COC(=O)C1CCCCCCCCCCCC1. The molecule has 0 aromatic carbocycles. The molecule has 0 bridgehead atoms. The highest BCUT2D eigenvalue weighted by molar-refractivity contribution is 5.72. The second-order valence-electron chi connectivity index (χ2n) is 5.33. The maximum Gasteiger partial charge on any atom is 0.308 e. The molecule has 0 amide bonds. The molecule has 0 heterocycles. The van der Waals surface area contributed by atoms with Crippen molar-refractivity contribution in [3.8, 4) is 0 Å². The molecular weight excluding hydrogens is 212 g/mol. The van der Waals surface area contributed by atoms with Gasteiger partial charge in [0.2, 0.25) is 0 Å². The Hall–Kier alpha value is -0.530. The van der Waals surface area contributed by atoms with Crippen LogP contribution in [-0.2, 0) is 9.53 Å². The third-order valence-electron chi connectivity index (χ3n) is 3.89. The van der Waals surface area contributed by atoms with Crippen LogP contribution in [-0.4, -0.2) is 13.1 Å². The van der Waals surface area contributed by atoms with E-state index in [-0.39, 0.29) is 11.9 Å². The van der Waals surface area contributed by atoms with Crippen LogP contribution in [0.2, 0.25) is 0 Å². The Labute approximate surface area is 106 Å². The van der Waals surface area contributed by atoms with Crippen molar-refractivity contribution in [1.82, 2.24) is 0 Å². The summed E-state index contributed by atoms with van der Waals surface area (Å²) in [5, 5.41) is 0. The predicted molar refractivity (Wildman–Crippen MR) is 70.9 cm³/mol. The Morgan fingerprint density at radius 2 is 1.12 bits per heavy atom. The Morgan fingerprint density at radius 1 is 0.765 bits per heavy atom. The molecular formula is C15H28O2. The Kier molecular flexibility index (Phi) is 8.12. The molecule has 17 heavy (non-hydrogen) atoms. The monoisotopic (exact) mass is 240 g/mol. The average Bonchev–Trinajstić information content (AvgIpc) is 2.38. The summed E-state index contributed by atoms with van der Waals surface area (Å²) in [6, 6.07) is 0. The molecule has 100 valence electrons. The van der Waals surface area contributed by atoms with E-state index in [0.29, 0.717) is 0 Å². The fourth-order valence-corrected chi connectivity index (χ4v) is 2.74.